The van der Waals surface area contributed by atoms with Crippen LogP contribution in [0.2, 0.25) is 6.04 Å². The lowest BCUT2D eigenvalue weighted by Gasteiger charge is -2.51. The van der Waals surface area contributed by atoms with Gasteiger partial charge in [-0.1, -0.05) is 33.6 Å². The molecule has 1 heterocycles. The third-order valence-corrected chi connectivity index (χ3v) is 7.27. The lowest BCUT2D eigenvalue weighted by molar-refractivity contribution is -0.473. The maximum atomic E-state index is 6.42. The second-order valence-electron chi connectivity index (χ2n) is 6.05. The summed E-state index contributed by atoms with van der Waals surface area (Å²) in [7, 11) is -2.69. The van der Waals surface area contributed by atoms with E-state index in [1.54, 1.807) is 0 Å². The van der Waals surface area contributed by atoms with Crippen LogP contribution in [0.15, 0.2) is 0 Å². The van der Waals surface area contributed by atoms with Crippen LogP contribution in [0.4, 0.5) is 0 Å². The fourth-order valence-corrected chi connectivity index (χ4v) is 6.00. The first-order valence-electron chi connectivity index (χ1n) is 9.32. The van der Waals surface area contributed by atoms with E-state index in [1.807, 2.05) is 20.8 Å². The Hall–Kier alpha value is 0.0169. The van der Waals surface area contributed by atoms with Crippen molar-refractivity contribution in [1.29, 1.82) is 0 Å². The highest BCUT2D eigenvalue weighted by Gasteiger charge is 2.54. The van der Waals surface area contributed by atoms with Gasteiger partial charge in [0.15, 0.2) is 12.1 Å². The van der Waals surface area contributed by atoms with Crippen LogP contribution in [0.5, 0.6) is 0 Å². The van der Waals surface area contributed by atoms with Crippen molar-refractivity contribution in [2.24, 2.45) is 0 Å². The molecular formula is C17H36O5Si. The van der Waals surface area contributed by atoms with Crippen molar-refractivity contribution in [3.8, 4) is 0 Å². The van der Waals surface area contributed by atoms with E-state index in [0.29, 0.717) is 13.2 Å². The highest BCUT2D eigenvalue weighted by molar-refractivity contribution is 6.60. The molecule has 0 aromatic carbocycles. The monoisotopic (exact) mass is 348 g/mol. The molecule has 1 fully saturated rings. The quantitative estimate of drug-likeness (QED) is 0.459. The highest BCUT2D eigenvalue weighted by atomic mass is 28.4. The summed E-state index contributed by atoms with van der Waals surface area (Å²) in [6.07, 6.45) is 4.48. The van der Waals surface area contributed by atoms with Gasteiger partial charge < -0.3 is 22.8 Å². The molecular weight excluding hydrogens is 312 g/mol. The Bertz CT molecular complexity index is 314. The van der Waals surface area contributed by atoms with E-state index < -0.39 is 14.6 Å². The minimum atomic E-state index is -2.69. The zero-order valence-electron chi connectivity index (χ0n) is 15.9. The van der Waals surface area contributed by atoms with Crippen LogP contribution in [0, 0.1) is 0 Å². The lowest BCUT2D eigenvalue weighted by Crippen LogP contribution is -2.63. The Kier molecular flexibility index (Phi) is 9.26. The van der Waals surface area contributed by atoms with E-state index in [0.717, 1.165) is 38.1 Å². The number of rotatable bonds is 13. The van der Waals surface area contributed by atoms with Gasteiger partial charge in [0.05, 0.1) is 0 Å². The van der Waals surface area contributed by atoms with Gasteiger partial charge >= 0.3 is 8.80 Å². The van der Waals surface area contributed by atoms with Crippen molar-refractivity contribution in [3.63, 3.8) is 0 Å². The Labute approximate surface area is 143 Å². The zero-order valence-corrected chi connectivity index (χ0v) is 16.9. The smallest absolute Gasteiger partial charge is 0.374 e. The summed E-state index contributed by atoms with van der Waals surface area (Å²) in [6.45, 7) is 13.6. The average Bonchev–Trinajstić information content (AvgIpc) is 2.48. The first-order chi connectivity index (χ1) is 11.0. The lowest BCUT2D eigenvalue weighted by atomic mass is 10.0. The molecule has 0 aromatic heterocycles. The Morgan fingerprint density at radius 2 is 1.61 bits per heavy atom. The first-order valence-corrected chi connectivity index (χ1v) is 11.3. The summed E-state index contributed by atoms with van der Waals surface area (Å²) in [5, 5.41) is 0. The summed E-state index contributed by atoms with van der Waals surface area (Å²) in [5.74, 6) is -0.645. The van der Waals surface area contributed by atoms with Gasteiger partial charge in [0.25, 0.3) is 0 Å². The van der Waals surface area contributed by atoms with Crippen molar-refractivity contribution in [1.82, 2.24) is 0 Å². The normalized spacial score (nSPS) is 26.1. The molecule has 0 radical (unpaired) electrons. The summed E-state index contributed by atoms with van der Waals surface area (Å²) in [4.78, 5) is 0. The van der Waals surface area contributed by atoms with Gasteiger partial charge in [0.2, 0.25) is 0 Å². The SMILES string of the molecule is CCCC[Si](OCC)(OCC)OC(C)C1(CCC)OC(CC)O1. The Morgan fingerprint density at radius 1 is 1.00 bits per heavy atom. The third-order valence-electron chi connectivity index (χ3n) is 4.13. The molecule has 0 N–H and O–H groups in total. The van der Waals surface area contributed by atoms with Crippen LogP contribution in [0.25, 0.3) is 0 Å². The number of unbranched alkanes of at least 4 members (excludes halogenated alkanes) is 1. The molecule has 0 bridgehead atoms. The molecule has 6 heteroatoms. The maximum Gasteiger partial charge on any atom is 0.501 e. The van der Waals surface area contributed by atoms with Crippen molar-refractivity contribution >= 4 is 8.80 Å². The van der Waals surface area contributed by atoms with E-state index in [4.69, 9.17) is 22.8 Å². The summed E-state index contributed by atoms with van der Waals surface area (Å²) >= 11 is 0. The second kappa shape index (κ2) is 10.1. The molecule has 0 aliphatic carbocycles. The van der Waals surface area contributed by atoms with Gasteiger partial charge in [-0.25, -0.2) is 0 Å². The molecule has 1 aliphatic heterocycles. The molecule has 1 unspecified atom stereocenters. The average molecular weight is 349 g/mol. The van der Waals surface area contributed by atoms with Crippen molar-refractivity contribution < 1.29 is 22.8 Å². The van der Waals surface area contributed by atoms with E-state index >= 15 is 0 Å². The minimum Gasteiger partial charge on any atom is -0.374 e. The molecule has 1 saturated heterocycles. The van der Waals surface area contributed by atoms with Crippen LogP contribution in [-0.4, -0.2) is 40.2 Å². The van der Waals surface area contributed by atoms with Gasteiger partial charge in [-0.3, -0.25) is 0 Å². The predicted molar refractivity (Wildman–Crippen MR) is 93.2 cm³/mol. The summed E-state index contributed by atoms with van der Waals surface area (Å²) < 4.78 is 30.6. The van der Waals surface area contributed by atoms with Crippen molar-refractivity contribution in [2.75, 3.05) is 13.2 Å². The van der Waals surface area contributed by atoms with E-state index in [-0.39, 0.29) is 12.4 Å². The highest BCUT2D eigenvalue weighted by Crippen LogP contribution is 2.40. The van der Waals surface area contributed by atoms with Crippen LogP contribution < -0.4 is 0 Å². The molecule has 1 atom stereocenters. The molecule has 5 nitrogen and oxygen atoms in total. The second-order valence-corrected chi connectivity index (χ2v) is 8.73. The van der Waals surface area contributed by atoms with E-state index in [1.165, 1.54) is 0 Å². The molecule has 138 valence electrons. The molecule has 1 rings (SSSR count). The third kappa shape index (κ3) is 5.51. The molecule has 23 heavy (non-hydrogen) atoms. The predicted octanol–water partition coefficient (Wildman–Crippen LogP) is 4.48. The van der Waals surface area contributed by atoms with Crippen LogP contribution in [0.3, 0.4) is 0 Å². The number of hydrogen-bond donors (Lipinski definition) is 0. The minimum absolute atomic E-state index is 0.113. The van der Waals surface area contributed by atoms with Crippen molar-refractivity contribution in [2.45, 2.75) is 97.9 Å². The van der Waals surface area contributed by atoms with Crippen LogP contribution in [-0.2, 0) is 22.8 Å². The fraction of sp³-hybridized carbons (Fsp3) is 1.00. The standard InChI is InChI=1S/C17H36O5Si/c1-7-12-14-23(18-10-4,19-11-5)22-15(6)17(13-8-2)20-16(9-3)21-17/h15-16H,7-14H2,1-6H3. The molecule has 0 saturated carbocycles. The molecule has 1 aliphatic rings. The van der Waals surface area contributed by atoms with Gasteiger partial charge in [-0.15, -0.1) is 0 Å². The number of hydrogen-bond acceptors (Lipinski definition) is 5. The van der Waals surface area contributed by atoms with Gasteiger partial charge in [-0.2, -0.15) is 0 Å². The van der Waals surface area contributed by atoms with Gasteiger partial charge in [0.1, 0.15) is 6.10 Å². The maximum absolute atomic E-state index is 6.42. The number of ether oxygens (including phenoxy) is 2. The van der Waals surface area contributed by atoms with Gasteiger partial charge in [-0.05, 0) is 33.6 Å². The summed E-state index contributed by atoms with van der Waals surface area (Å²) in [5.41, 5.74) is 0. The van der Waals surface area contributed by atoms with Crippen LogP contribution >= 0.6 is 0 Å². The zero-order chi connectivity index (χ0) is 17.3. The molecule has 0 spiro atoms. The van der Waals surface area contributed by atoms with E-state index in [9.17, 15) is 0 Å². The molecule has 0 amide bonds. The largest absolute Gasteiger partial charge is 0.501 e. The fourth-order valence-electron chi connectivity index (χ4n) is 2.99. The van der Waals surface area contributed by atoms with E-state index in [2.05, 4.69) is 20.8 Å². The van der Waals surface area contributed by atoms with Gasteiger partial charge in [0, 0.05) is 25.7 Å². The first kappa shape index (κ1) is 21.1. The van der Waals surface area contributed by atoms with Crippen LogP contribution in [0.1, 0.15) is 73.6 Å². The topological polar surface area (TPSA) is 46.2 Å². The van der Waals surface area contributed by atoms with Crippen molar-refractivity contribution in [3.05, 3.63) is 0 Å². The Morgan fingerprint density at radius 3 is 2.04 bits per heavy atom. The molecule has 0 aromatic rings. The summed E-state index contributed by atoms with van der Waals surface area (Å²) in [6, 6.07) is 0.842. The Balaban J connectivity index is 2.82.